The Morgan fingerprint density at radius 2 is 1.67 bits per heavy atom. The minimum atomic E-state index is -0.0221. The van der Waals surface area contributed by atoms with E-state index in [9.17, 15) is 0 Å². The van der Waals surface area contributed by atoms with E-state index in [2.05, 4.69) is 6.92 Å². The van der Waals surface area contributed by atoms with Crippen molar-refractivity contribution in [2.75, 3.05) is 32.8 Å². The number of benzene rings is 1. The first-order valence-electron chi connectivity index (χ1n) is 6.43. The highest BCUT2D eigenvalue weighted by molar-refractivity contribution is 5.19. The first-order chi connectivity index (χ1) is 8.69. The molecule has 0 aliphatic heterocycles. The molecule has 1 aromatic carbocycles. The summed E-state index contributed by atoms with van der Waals surface area (Å²) in [7, 11) is 0. The van der Waals surface area contributed by atoms with Crippen molar-refractivity contribution in [3.05, 3.63) is 35.9 Å². The zero-order valence-electron chi connectivity index (χ0n) is 11.0. The quantitative estimate of drug-likeness (QED) is 0.634. The van der Waals surface area contributed by atoms with Gasteiger partial charge in [0.15, 0.2) is 0 Å². The highest BCUT2D eigenvalue weighted by Gasteiger charge is 2.17. The summed E-state index contributed by atoms with van der Waals surface area (Å²) in [5.41, 5.74) is 7.35. The number of hydrogen-bond acceptors (Lipinski definition) is 4. The van der Waals surface area contributed by atoms with Gasteiger partial charge in [-0.3, -0.25) is 4.90 Å². The van der Waals surface area contributed by atoms with Gasteiger partial charge in [0.1, 0.15) is 0 Å². The van der Waals surface area contributed by atoms with E-state index in [0.717, 1.165) is 12.1 Å². The molecule has 2 atom stereocenters. The molecule has 0 saturated heterocycles. The SMILES string of the molecule is CC(CN(CCO)CCO)C(N)c1ccccc1. The summed E-state index contributed by atoms with van der Waals surface area (Å²) in [6.45, 7) is 4.23. The van der Waals surface area contributed by atoms with Gasteiger partial charge in [0, 0.05) is 25.7 Å². The molecule has 0 aliphatic rings. The first kappa shape index (κ1) is 15.1. The van der Waals surface area contributed by atoms with Crippen LogP contribution in [-0.2, 0) is 0 Å². The molecule has 1 rings (SSSR count). The van der Waals surface area contributed by atoms with Crippen molar-refractivity contribution in [3.8, 4) is 0 Å². The van der Waals surface area contributed by atoms with Crippen LogP contribution in [0.5, 0.6) is 0 Å². The molecule has 0 spiro atoms. The molecule has 2 unspecified atom stereocenters. The summed E-state index contributed by atoms with van der Waals surface area (Å²) < 4.78 is 0. The van der Waals surface area contributed by atoms with E-state index < -0.39 is 0 Å². The average molecular weight is 252 g/mol. The van der Waals surface area contributed by atoms with Crippen LogP contribution < -0.4 is 5.73 Å². The molecule has 102 valence electrons. The van der Waals surface area contributed by atoms with E-state index >= 15 is 0 Å². The molecule has 18 heavy (non-hydrogen) atoms. The molecule has 0 aliphatic carbocycles. The standard InChI is InChI=1S/C14H24N2O2/c1-12(11-16(7-9-17)8-10-18)14(15)13-5-3-2-4-6-13/h2-6,12,14,17-18H,7-11,15H2,1H3. The highest BCUT2D eigenvalue weighted by Crippen LogP contribution is 2.19. The van der Waals surface area contributed by atoms with Crippen LogP contribution in [0, 0.1) is 5.92 Å². The lowest BCUT2D eigenvalue weighted by Crippen LogP contribution is -2.37. The molecule has 0 aromatic heterocycles. The van der Waals surface area contributed by atoms with Crippen LogP contribution in [0.25, 0.3) is 0 Å². The van der Waals surface area contributed by atoms with E-state index in [1.807, 2.05) is 35.2 Å². The van der Waals surface area contributed by atoms with Gasteiger partial charge >= 0.3 is 0 Å². The van der Waals surface area contributed by atoms with Crippen molar-refractivity contribution in [3.63, 3.8) is 0 Å². The molecule has 0 bridgehead atoms. The van der Waals surface area contributed by atoms with Gasteiger partial charge in [-0.25, -0.2) is 0 Å². The van der Waals surface area contributed by atoms with Crippen molar-refractivity contribution < 1.29 is 10.2 Å². The van der Waals surface area contributed by atoms with Gasteiger partial charge in [-0.15, -0.1) is 0 Å². The lowest BCUT2D eigenvalue weighted by molar-refractivity contribution is 0.142. The fourth-order valence-electron chi connectivity index (χ4n) is 2.10. The van der Waals surface area contributed by atoms with Crippen LogP contribution in [0.1, 0.15) is 18.5 Å². The summed E-state index contributed by atoms with van der Waals surface area (Å²) >= 11 is 0. The number of rotatable bonds is 8. The van der Waals surface area contributed by atoms with Crippen LogP contribution in [0.4, 0.5) is 0 Å². The third-order valence-corrected chi connectivity index (χ3v) is 3.18. The fourth-order valence-corrected chi connectivity index (χ4v) is 2.10. The smallest absolute Gasteiger partial charge is 0.0558 e. The molecular weight excluding hydrogens is 228 g/mol. The van der Waals surface area contributed by atoms with Crippen LogP contribution in [-0.4, -0.2) is 48.0 Å². The van der Waals surface area contributed by atoms with Gasteiger partial charge in [0.25, 0.3) is 0 Å². The van der Waals surface area contributed by atoms with Gasteiger partial charge in [0.2, 0.25) is 0 Å². The molecule has 0 fully saturated rings. The highest BCUT2D eigenvalue weighted by atomic mass is 16.3. The van der Waals surface area contributed by atoms with Crippen molar-refractivity contribution >= 4 is 0 Å². The molecule has 0 saturated carbocycles. The monoisotopic (exact) mass is 252 g/mol. The fraction of sp³-hybridized carbons (Fsp3) is 0.571. The molecule has 4 heteroatoms. The molecule has 4 N–H and O–H groups in total. The lowest BCUT2D eigenvalue weighted by atomic mass is 9.95. The maximum absolute atomic E-state index is 8.98. The molecule has 1 aromatic rings. The number of aliphatic hydroxyl groups is 2. The summed E-state index contributed by atoms with van der Waals surface area (Å²) in [5, 5.41) is 18.0. The zero-order chi connectivity index (χ0) is 13.4. The second-order valence-electron chi connectivity index (χ2n) is 4.66. The Morgan fingerprint density at radius 1 is 1.11 bits per heavy atom. The molecule has 0 radical (unpaired) electrons. The topological polar surface area (TPSA) is 69.7 Å². The summed E-state index contributed by atoms with van der Waals surface area (Å²) in [4.78, 5) is 2.04. The minimum Gasteiger partial charge on any atom is -0.395 e. The molecule has 0 heterocycles. The average Bonchev–Trinajstić information content (AvgIpc) is 2.39. The van der Waals surface area contributed by atoms with Gasteiger partial charge in [0.05, 0.1) is 13.2 Å². The first-order valence-corrected chi connectivity index (χ1v) is 6.43. The lowest BCUT2D eigenvalue weighted by Gasteiger charge is -2.28. The van der Waals surface area contributed by atoms with Crippen LogP contribution in [0.2, 0.25) is 0 Å². The van der Waals surface area contributed by atoms with E-state index in [1.54, 1.807) is 0 Å². The third-order valence-electron chi connectivity index (χ3n) is 3.18. The second kappa shape index (κ2) is 8.21. The maximum atomic E-state index is 8.98. The number of nitrogens with zero attached hydrogens (tertiary/aromatic N) is 1. The van der Waals surface area contributed by atoms with Crippen molar-refractivity contribution in [1.82, 2.24) is 4.90 Å². The van der Waals surface area contributed by atoms with Crippen LogP contribution in [0.15, 0.2) is 30.3 Å². The molecule has 0 amide bonds. The predicted molar refractivity (Wildman–Crippen MR) is 73.1 cm³/mol. The number of hydrogen-bond donors (Lipinski definition) is 3. The van der Waals surface area contributed by atoms with E-state index in [0.29, 0.717) is 13.1 Å². The van der Waals surface area contributed by atoms with Crippen LogP contribution >= 0.6 is 0 Å². The van der Waals surface area contributed by atoms with Crippen molar-refractivity contribution in [1.29, 1.82) is 0 Å². The third kappa shape index (κ3) is 4.74. The Labute approximate surface area is 109 Å². The van der Waals surface area contributed by atoms with Crippen LogP contribution in [0.3, 0.4) is 0 Å². The van der Waals surface area contributed by atoms with E-state index in [1.165, 1.54) is 0 Å². The van der Waals surface area contributed by atoms with Crippen molar-refractivity contribution in [2.24, 2.45) is 11.7 Å². The Hall–Kier alpha value is -0.940. The van der Waals surface area contributed by atoms with Gasteiger partial charge in [-0.05, 0) is 11.5 Å². The summed E-state index contributed by atoms with van der Waals surface area (Å²) in [6, 6.07) is 9.99. The van der Waals surface area contributed by atoms with Gasteiger partial charge < -0.3 is 15.9 Å². The second-order valence-corrected chi connectivity index (χ2v) is 4.66. The Balaban J connectivity index is 2.55. The maximum Gasteiger partial charge on any atom is 0.0558 e. The molecule has 4 nitrogen and oxygen atoms in total. The predicted octanol–water partition coefficient (Wildman–Crippen LogP) is 0.609. The Kier molecular flexibility index (Phi) is 6.90. The van der Waals surface area contributed by atoms with E-state index in [-0.39, 0.29) is 25.2 Å². The summed E-state index contributed by atoms with van der Waals surface area (Å²) in [6.07, 6.45) is 0. The normalized spacial score (nSPS) is 14.7. The van der Waals surface area contributed by atoms with Crippen molar-refractivity contribution in [2.45, 2.75) is 13.0 Å². The summed E-state index contributed by atoms with van der Waals surface area (Å²) in [5.74, 6) is 0.269. The number of aliphatic hydroxyl groups excluding tert-OH is 2. The van der Waals surface area contributed by atoms with Gasteiger partial charge in [-0.2, -0.15) is 0 Å². The largest absolute Gasteiger partial charge is 0.395 e. The Morgan fingerprint density at radius 3 is 2.17 bits per heavy atom. The minimum absolute atomic E-state index is 0.0221. The Bertz CT molecular complexity index is 313. The number of nitrogens with two attached hydrogens (primary N) is 1. The zero-order valence-corrected chi connectivity index (χ0v) is 11.0. The molecular formula is C14H24N2O2. The van der Waals surface area contributed by atoms with Gasteiger partial charge in [-0.1, -0.05) is 37.3 Å². The van der Waals surface area contributed by atoms with E-state index in [4.69, 9.17) is 15.9 Å².